The van der Waals surface area contributed by atoms with E-state index in [1.54, 1.807) is 43.5 Å². The Balaban J connectivity index is 2.31. The van der Waals surface area contributed by atoms with Crippen molar-refractivity contribution in [2.24, 2.45) is 0 Å². The Bertz CT molecular complexity index is 876. The predicted octanol–water partition coefficient (Wildman–Crippen LogP) is 2.83. The molecule has 0 aliphatic heterocycles. The molecule has 27 heavy (non-hydrogen) atoms. The maximum Gasteiger partial charge on any atom is 0.264 e. The van der Waals surface area contributed by atoms with Crippen LogP contribution in [-0.2, 0) is 14.8 Å². The molecule has 144 valence electrons. The number of anilines is 1. The first kappa shape index (κ1) is 20.6. The van der Waals surface area contributed by atoms with Gasteiger partial charge in [0.05, 0.1) is 36.8 Å². The standard InChI is InChI=1S/C19H22N2O5S/c1-24-13-14-26-17-7-9-19(10-8-17)27(22,23)21(12-4-11-20)16-5-3-6-18(15-16)25-2/h3,5-10,15H,4,12-14H2,1-2H3. The predicted molar refractivity (Wildman–Crippen MR) is 102 cm³/mol. The molecule has 0 atom stereocenters. The van der Waals surface area contributed by atoms with Crippen LogP contribution in [0, 0.1) is 11.3 Å². The van der Waals surface area contributed by atoms with Crippen molar-refractivity contribution >= 4 is 15.7 Å². The lowest BCUT2D eigenvalue weighted by Crippen LogP contribution is -2.32. The van der Waals surface area contributed by atoms with Gasteiger partial charge in [0, 0.05) is 19.7 Å². The third-order valence-electron chi connectivity index (χ3n) is 3.74. The third-order valence-corrected chi connectivity index (χ3v) is 5.58. The van der Waals surface area contributed by atoms with Gasteiger partial charge in [0.1, 0.15) is 18.1 Å². The van der Waals surface area contributed by atoms with Crippen LogP contribution in [0.2, 0.25) is 0 Å². The summed E-state index contributed by atoms with van der Waals surface area (Å²) in [6.07, 6.45) is 0.0641. The maximum atomic E-state index is 13.1. The zero-order chi connectivity index (χ0) is 19.7. The normalized spacial score (nSPS) is 10.9. The van der Waals surface area contributed by atoms with Gasteiger partial charge in [-0.15, -0.1) is 0 Å². The quantitative estimate of drug-likeness (QED) is 0.580. The number of hydrogen-bond acceptors (Lipinski definition) is 6. The highest BCUT2D eigenvalue weighted by atomic mass is 32.2. The number of methoxy groups -OCH3 is 2. The van der Waals surface area contributed by atoms with Crippen LogP contribution in [0.15, 0.2) is 53.4 Å². The van der Waals surface area contributed by atoms with E-state index in [9.17, 15) is 8.42 Å². The maximum absolute atomic E-state index is 13.1. The molecule has 0 unspecified atom stereocenters. The summed E-state index contributed by atoms with van der Waals surface area (Å²) in [5, 5.41) is 8.92. The molecule has 0 spiro atoms. The number of rotatable bonds is 10. The summed E-state index contributed by atoms with van der Waals surface area (Å²) in [5.74, 6) is 1.09. The van der Waals surface area contributed by atoms with E-state index in [-0.39, 0.29) is 17.9 Å². The van der Waals surface area contributed by atoms with Crippen molar-refractivity contribution in [1.29, 1.82) is 5.26 Å². The van der Waals surface area contributed by atoms with Gasteiger partial charge >= 0.3 is 0 Å². The van der Waals surface area contributed by atoms with Crippen molar-refractivity contribution in [3.8, 4) is 17.6 Å². The van der Waals surface area contributed by atoms with Crippen LogP contribution in [0.25, 0.3) is 0 Å². The Hall–Kier alpha value is -2.76. The van der Waals surface area contributed by atoms with Gasteiger partial charge in [0.25, 0.3) is 10.0 Å². The molecule has 0 N–H and O–H groups in total. The van der Waals surface area contributed by atoms with Crippen LogP contribution in [0.5, 0.6) is 11.5 Å². The van der Waals surface area contributed by atoms with Crippen molar-refractivity contribution in [3.63, 3.8) is 0 Å². The summed E-state index contributed by atoms with van der Waals surface area (Å²) in [4.78, 5) is 0.113. The van der Waals surface area contributed by atoms with E-state index in [0.29, 0.717) is 30.4 Å². The van der Waals surface area contributed by atoms with Crippen LogP contribution < -0.4 is 13.8 Å². The minimum absolute atomic E-state index is 0.0398. The van der Waals surface area contributed by atoms with E-state index in [1.807, 2.05) is 6.07 Å². The summed E-state index contributed by atoms with van der Waals surface area (Å²) >= 11 is 0. The van der Waals surface area contributed by atoms with Gasteiger partial charge in [-0.25, -0.2) is 8.42 Å². The highest BCUT2D eigenvalue weighted by Crippen LogP contribution is 2.28. The van der Waals surface area contributed by atoms with E-state index in [2.05, 4.69) is 0 Å². The molecular formula is C19H22N2O5S. The summed E-state index contributed by atoms with van der Waals surface area (Å²) < 4.78 is 43.0. The van der Waals surface area contributed by atoms with Crippen molar-refractivity contribution in [1.82, 2.24) is 0 Å². The number of hydrogen-bond donors (Lipinski definition) is 0. The van der Waals surface area contributed by atoms with Gasteiger partial charge in [-0.1, -0.05) is 6.07 Å². The van der Waals surface area contributed by atoms with Crippen LogP contribution in [0.3, 0.4) is 0 Å². The van der Waals surface area contributed by atoms with E-state index in [1.165, 1.54) is 23.5 Å². The summed E-state index contributed by atoms with van der Waals surface area (Å²) in [5.41, 5.74) is 0.435. The van der Waals surface area contributed by atoms with E-state index in [0.717, 1.165) is 0 Å². The lowest BCUT2D eigenvalue weighted by Gasteiger charge is -2.24. The minimum Gasteiger partial charge on any atom is -0.497 e. The average molecular weight is 390 g/mol. The number of nitriles is 1. The molecule has 0 aromatic heterocycles. The fourth-order valence-corrected chi connectivity index (χ4v) is 3.84. The molecule has 2 aromatic rings. The average Bonchev–Trinajstić information content (AvgIpc) is 2.69. The van der Waals surface area contributed by atoms with Gasteiger partial charge in [0.15, 0.2) is 0 Å². The molecule has 8 heteroatoms. The van der Waals surface area contributed by atoms with Crippen molar-refractivity contribution in [2.45, 2.75) is 11.3 Å². The highest BCUT2D eigenvalue weighted by Gasteiger charge is 2.25. The van der Waals surface area contributed by atoms with E-state index in [4.69, 9.17) is 19.5 Å². The molecule has 0 aliphatic carbocycles. The van der Waals surface area contributed by atoms with Gasteiger partial charge in [0.2, 0.25) is 0 Å². The van der Waals surface area contributed by atoms with Crippen molar-refractivity contribution in [2.75, 3.05) is 38.3 Å². The zero-order valence-electron chi connectivity index (χ0n) is 15.3. The Morgan fingerprint density at radius 1 is 1.04 bits per heavy atom. The highest BCUT2D eigenvalue weighted by molar-refractivity contribution is 7.92. The SMILES string of the molecule is COCCOc1ccc(S(=O)(=O)N(CCC#N)c2cccc(OC)c2)cc1. The van der Waals surface area contributed by atoms with Crippen LogP contribution >= 0.6 is 0 Å². The molecule has 0 radical (unpaired) electrons. The first-order chi connectivity index (χ1) is 13.0. The lowest BCUT2D eigenvalue weighted by molar-refractivity contribution is 0.146. The zero-order valence-corrected chi connectivity index (χ0v) is 16.1. The Morgan fingerprint density at radius 2 is 1.78 bits per heavy atom. The van der Waals surface area contributed by atoms with Crippen molar-refractivity contribution in [3.05, 3.63) is 48.5 Å². The van der Waals surface area contributed by atoms with Gasteiger partial charge in [-0.3, -0.25) is 4.31 Å². The van der Waals surface area contributed by atoms with E-state index < -0.39 is 10.0 Å². The number of benzene rings is 2. The second-order valence-electron chi connectivity index (χ2n) is 5.50. The summed E-state index contributed by atoms with van der Waals surface area (Å²) in [6.45, 7) is 0.858. The molecular weight excluding hydrogens is 368 g/mol. The Kier molecular flexibility index (Phi) is 7.46. The van der Waals surface area contributed by atoms with Gasteiger partial charge in [-0.2, -0.15) is 5.26 Å². The van der Waals surface area contributed by atoms with E-state index >= 15 is 0 Å². The smallest absolute Gasteiger partial charge is 0.264 e. The first-order valence-corrected chi connectivity index (χ1v) is 9.72. The summed E-state index contributed by atoms with van der Waals surface area (Å²) in [7, 11) is -0.761. The molecule has 0 aliphatic rings. The number of sulfonamides is 1. The molecule has 0 heterocycles. The van der Waals surface area contributed by atoms with Gasteiger partial charge in [-0.05, 0) is 36.4 Å². The van der Waals surface area contributed by atoms with Crippen LogP contribution in [0.4, 0.5) is 5.69 Å². The molecule has 2 rings (SSSR count). The second-order valence-corrected chi connectivity index (χ2v) is 7.36. The molecule has 7 nitrogen and oxygen atoms in total. The Morgan fingerprint density at radius 3 is 2.41 bits per heavy atom. The number of ether oxygens (including phenoxy) is 3. The third kappa shape index (κ3) is 5.36. The lowest BCUT2D eigenvalue weighted by atomic mass is 10.3. The molecule has 0 amide bonds. The van der Waals surface area contributed by atoms with Crippen LogP contribution in [-0.4, -0.2) is 42.4 Å². The minimum atomic E-state index is -3.85. The first-order valence-electron chi connectivity index (χ1n) is 8.28. The second kappa shape index (κ2) is 9.80. The van der Waals surface area contributed by atoms with Crippen molar-refractivity contribution < 1.29 is 22.6 Å². The molecule has 0 fully saturated rings. The largest absolute Gasteiger partial charge is 0.497 e. The molecule has 0 saturated carbocycles. The number of nitrogens with zero attached hydrogens (tertiary/aromatic N) is 2. The Labute approximate surface area is 159 Å². The van der Waals surface area contributed by atoms with Gasteiger partial charge < -0.3 is 14.2 Å². The fourth-order valence-electron chi connectivity index (χ4n) is 2.38. The topological polar surface area (TPSA) is 88.9 Å². The van der Waals surface area contributed by atoms with Crippen LogP contribution in [0.1, 0.15) is 6.42 Å². The summed E-state index contributed by atoms with van der Waals surface area (Å²) in [6, 6.07) is 14.9. The molecule has 0 bridgehead atoms. The molecule has 2 aromatic carbocycles. The monoisotopic (exact) mass is 390 g/mol. The molecule has 0 saturated heterocycles. The fraction of sp³-hybridized carbons (Fsp3) is 0.316.